The van der Waals surface area contributed by atoms with Crippen LogP contribution in [0.5, 0.6) is 0 Å². The summed E-state index contributed by atoms with van der Waals surface area (Å²) < 4.78 is 11.4. The van der Waals surface area contributed by atoms with Crippen LogP contribution in [-0.2, 0) is 9.47 Å². The highest BCUT2D eigenvalue weighted by Crippen LogP contribution is 2.33. The third-order valence-electron chi connectivity index (χ3n) is 4.01. The highest BCUT2D eigenvalue weighted by Gasteiger charge is 2.41. The Hall–Kier alpha value is -0.160. The van der Waals surface area contributed by atoms with E-state index in [1.165, 1.54) is 0 Å². The van der Waals surface area contributed by atoms with E-state index in [2.05, 4.69) is 19.2 Å². The summed E-state index contributed by atoms with van der Waals surface area (Å²) >= 11 is 0. The van der Waals surface area contributed by atoms with E-state index in [-0.39, 0.29) is 18.2 Å². The van der Waals surface area contributed by atoms with Gasteiger partial charge in [-0.2, -0.15) is 0 Å². The average Bonchev–Trinajstić information content (AvgIpc) is 2.74. The maximum absolute atomic E-state index is 9.37. The number of hydrogen-bond donors (Lipinski definition) is 2. The van der Waals surface area contributed by atoms with Crippen molar-refractivity contribution in [2.75, 3.05) is 26.4 Å². The summed E-state index contributed by atoms with van der Waals surface area (Å²) in [7, 11) is 0. The molecule has 1 spiro atoms. The van der Waals surface area contributed by atoms with E-state index in [1.807, 2.05) is 0 Å². The third-order valence-corrected chi connectivity index (χ3v) is 4.01. The van der Waals surface area contributed by atoms with Gasteiger partial charge in [-0.3, -0.25) is 0 Å². The van der Waals surface area contributed by atoms with E-state index in [9.17, 15) is 5.11 Å². The van der Waals surface area contributed by atoms with Gasteiger partial charge in [0.2, 0.25) is 0 Å². The molecular formula is C13H25NO3. The predicted molar refractivity (Wildman–Crippen MR) is 66.0 cm³/mol. The van der Waals surface area contributed by atoms with E-state index >= 15 is 0 Å². The second-order valence-electron chi connectivity index (χ2n) is 5.72. The van der Waals surface area contributed by atoms with Crippen molar-refractivity contribution in [1.29, 1.82) is 0 Å². The molecule has 4 heteroatoms. The molecule has 0 saturated carbocycles. The van der Waals surface area contributed by atoms with Gasteiger partial charge in [-0.25, -0.2) is 0 Å². The molecule has 0 aromatic heterocycles. The van der Waals surface area contributed by atoms with Gasteiger partial charge >= 0.3 is 0 Å². The van der Waals surface area contributed by atoms with Gasteiger partial charge in [0.05, 0.1) is 18.8 Å². The molecule has 2 N–H and O–H groups in total. The van der Waals surface area contributed by atoms with E-state index in [1.54, 1.807) is 0 Å². The van der Waals surface area contributed by atoms with Crippen LogP contribution in [0.25, 0.3) is 0 Å². The van der Waals surface area contributed by atoms with Crippen molar-refractivity contribution in [3.8, 4) is 0 Å². The van der Waals surface area contributed by atoms with Crippen molar-refractivity contribution in [1.82, 2.24) is 5.32 Å². The van der Waals surface area contributed by atoms with Gasteiger partial charge in [-0.15, -0.1) is 0 Å². The first-order valence-corrected chi connectivity index (χ1v) is 6.74. The minimum absolute atomic E-state index is 0.0487. The molecule has 0 aromatic rings. The van der Waals surface area contributed by atoms with Crippen LogP contribution < -0.4 is 5.32 Å². The van der Waals surface area contributed by atoms with Crippen molar-refractivity contribution < 1.29 is 14.6 Å². The third kappa shape index (κ3) is 3.19. The fraction of sp³-hybridized carbons (Fsp3) is 1.00. The molecule has 2 rings (SSSR count). The lowest BCUT2D eigenvalue weighted by Gasteiger charge is -2.39. The van der Waals surface area contributed by atoms with E-state index < -0.39 is 0 Å². The summed E-state index contributed by atoms with van der Waals surface area (Å²) in [5, 5.41) is 12.9. The normalized spacial score (nSPS) is 35.6. The molecule has 4 nitrogen and oxygen atoms in total. The molecule has 2 saturated heterocycles. The van der Waals surface area contributed by atoms with Crippen LogP contribution in [0.4, 0.5) is 0 Å². The molecule has 100 valence electrons. The van der Waals surface area contributed by atoms with Crippen LogP contribution in [0.15, 0.2) is 0 Å². The van der Waals surface area contributed by atoms with Crippen LogP contribution in [0.2, 0.25) is 0 Å². The van der Waals surface area contributed by atoms with Gasteiger partial charge in [0.25, 0.3) is 0 Å². The summed E-state index contributed by atoms with van der Waals surface area (Å²) in [4.78, 5) is 0. The van der Waals surface area contributed by atoms with Crippen LogP contribution in [-0.4, -0.2) is 49.2 Å². The topological polar surface area (TPSA) is 50.7 Å². The first-order chi connectivity index (χ1) is 8.15. The van der Waals surface area contributed by atoms with Crippen LogP contribution in [0, 0.1) is 5.92 Å². The first-order valence-electron chi connectivity index (χ1n) is 6.74. The molecule has 2 aliphatic heterocycles. The molecule has 0 amide bonds. The molecule has 0 bridgehead atoms. The monoisotopic (exact) mass is 243 g/mol. The Bertz CT molecular complexity index is 239. The quantitative estimate of drug-likeness (QED) is 0.771. The summed E-state index contributed by atoms with van der Waals surface area (Å²) in [5.41, 5.74) is -0.0487. The van der Waals surface area contributed by atoms with E-state index in [4.69, 9.17) is 9.47 Å². The fourth-order valence-electron chi connectivity index (χ4n) is 2.79. The second kappa shape index (κ2) is 5.65. The minimum Gasteiger partial charge on any atom is -0.395 e. The summed E-state index contributed by atoms with van der Waals surface area (Å²) in [6.45, 7) is 6.84. The maximum atomic E-state index is 9.37. The van der Waals surface area contributed by atoms with Gasteiger partial charge in [-0.05, 0) is 18.8 Å². The highest BCUT2D eigenvalue weighted by molar-refractivity contribution is 4.93. The fourth-order valence-corrected chi connectivity index (χ4v) is 2.79. The standard InChI is InChI=1S/C13H25NO3/c1-10(2)12(8-15)14-11-3-5-17-13(7-11)4-6-16-9-13/h10-12,14-15H,3-9H2,1-2H3/t11?,12-,13?/m1/s1. The zero-order chi connectivity index (χ0) is 12.3. The smallest absolute Gasteiger partial charge is 0.0951 e. The first kappa shape index (κ1) is 13.3. The zero-order valence-electron chi connectivity index (χ0n) is 10.9. The number of nitrogens with one attached hydrogen (secondary N) is 1. The molecule has 2 aliphatic rings. The number of rotatable bonds is 4. The number of aliphatic hydroxyl groups is 1. The largest absolute Gasteiger partial charge is 0.395 e. The minimum atomic E-state index is -0.0487. The zero-order valence-corrected chi connectivity index (χ0v) is 10.9. The summed E-state index contributed by atoms with van der Waals surface area (Å²) in [6.07, 6.45) is 3.05. The Morgan fingerprint density at radius 1 is 1.41 bits per heavy atom. The van der Waals surface area contributed by atoms with Crippen molar-refractivity contribution in [3.05, 3.63) is 0 Å². The lowest BCUT2D eigenvalue weighted by Crippen LogP contribution is -2.52. The molecule has 0 aliphatic carbocycles. The molecule has 2 fully saturated rings. The highest BCUT2D eigenvalue weighted by atomic mass is 16.6. The van der Waals surface area contributed by atoms with Gasteiger partial charge < -0.3 is 19.9 Å². The molecule has 0 radical (unpaired) electrons. The van der Waals surface area contributed by atoms with Crippen molar-refractivity contribution in [3.63, 3.8) is 0 Å². The van der Waals surface area contributed by atoms with E-state index in [0.29, 0.717) is 12.0 Å². The van der Waals surface area contributed by atoms with Crippen LogP contribution in [0.1, 0.15) is 33.1 Å². The molecular weight excluding hydrogens is 218 g/mol. The molecule has 2 unspecified atom stereocenters. The Balaban J connectivity index is 1.88. The number of hydrogen-bond acceptors (Lipinski definition) is 4. The summed E-state index contributed by atoms with van der Waals surface area (Å²) in [6, 6.07) is 0.641. The maximum Gasteiger partial charge on any atom is 0.0951 e. The number of aliphatic hydroxyl groups excluding tert-OH is 1. The number of ether oxygens (including phenoxy) is 2. The second-order valence-corrected chi connectivity index (χ2v) is 5.72. The lowest BCUT2D eigenvalue weighted by molar-refractivity contribution is -0.0914. The molecule has 2 heterocycles. The van der Waals surface area contributed by atoms with E-state index in [0.717, 1.165) is 39.1 Å². The van der Waals surface area contributed by atoms with Crippen LogP contribution >= 0.6 is 0 Å². The predicted octanol–water partition coefficient (Wildman–Crippen LogP) is 0.931. The molecule has 0 aromatic carbocycles. The van der Waals surface area contributed by atoms with Crippen molar-refractivity contribution >= 4 is 0 Å². The Labute approximate surface area is 104 Å². The van der Waals surface area contributed by atoms with Crippen molar-refractivity contribution in [2.45, 2.75) is 50.8 Å². The van der Waals surface area contributed by atoms with Gasteiger partial charge in [-0.1, -0.05) is 13.8 Å². The van der Waals surface area contributed by atoms with Crippen molar-refractivity contribution in [2.24, 2.45) is 5.92 Å². The Kier molecular flexibility index (Phi) is 4.42. The van der Waals surface area contributed by atoms with Gasteiger partial charge in [0.15, 0.2) is 0 Å². The van der Waals surface area contributed by atoms with Gasteiger partial charge in [0.1, 0.15) is 0 Å². The Morgan fingerprint density at radius 2 is 2.24 bits per heavy atom. The molecule has 3 atom stereocenters. The SMILES string of the molecule is CC(C)[C@@H](CO)NC1CCOC2(CCOC2)C1. The lowest BCUT2D eigenvalue weighted by atomic mass is 9.88. The average molecular weight is 243 g/mol. The molecule has 17 heavy (non-hydrogen) atoms. The summed E-state index contributed by atoms with van der Waals surface area (Å²) in [5.74, 6) is 0.457. The Morgan fingerprint density at radius 3 is 2.82 bits per heavy atom. The van der Waals surface area contributed by atoms with Gasteiger partial charge in [0, 0.05) is 31.7 Å². The van der Waals surface area contributed by atoms with Crippen LogP contribution in [0.3, 0.4) is 0 Å².